The molecule has 1 aliphatic rings. The lowest BCUT2D eigenvalue weighted by Gasteiger charge is -2.12. The maximum Gasteiger partial charge on any atom is 0.192 e. The van der Waals surface area contributed by atoms with E-state index in [2.05, 4.69) is 31.0 Å². The molecule has 0 saturated carbocycles. The van der Waals surface area contributed by atoms with Crippen LogP contribution in [0.2, 0.25) is 0 Å². The molecule has 0 fully saturated rings. The average Bonchev–Trinajstić information content (AvgIpc) is 2.64. The first kappa shape index (κ1) is 14.9. The highest BCUT2D eigenvalue weighted by Crippen LogP contribution is 2.14. The van der Waals surface area contributed by atoms with Crippen LogP contribution in [0, 0.1) is 18.8 Å². The summed E-state index contributed by atoms with van der Waals surface area (Å²) in [5.74, 6) is 1.89. The van der Waals surface area contributed by atoms with Crippen molar-refractivity contribution in [3.05, 3.63) is 16.7 Å². The van der Waals surface area contributed by atoms with Crippen LogP contribution in [0.4, 0.5) is 0 Å². The summed E-state index contributed by atoms with van der Waals surface area (Å²) < 4.78 is 5.43. The van der Waals surface area contributed by atoms with Crippen molar-refractivity contribution < 1.29 is 4.42 Å². The molecule has 2 atom stereocenters. The molecule has 2 nitrogen and oxygen atoms in total. The van der Waals surface area contributed by atoms with Gasteiger partial charge >= 0.3 is 0 Å². The number of fused-ring (bicyclic) bond motifs is 1. The zero-order valence-corrected chi connectivity index (χ0v) is 11.7. The van der Waals surface area contributed by atoms with Crippen molar-refractivity contribution in [2.75, 3.05) is 0 Å². The molecule has 0 bridgehead atoms. The summed E-state index contributed by atoms with van der Waals surface area (Å²) in [6, 6.07) is 0. The Bertz CT molecular complexity index is 365. The number of nitrogens with zero attached hydrogens (tertiary/aromatic N) is 1. The number of hydrogen-bond acceptors (Lipinski definition) is 2. The van der Waals surface area contributed by atoms with Gasteiger partial charge in [0.15, 0.2) is 11.3 Å². The van der Waals surface area contributed by atoms with Crippen LogP contribution in [0.5, 0.6) is 0 Å². The lowest BCUT2D eigenvalue weighted by molar-refractivity contribution is 0.480. The topological polar surface area (TPSA) is 26.0 Å². The highest BCUT2D eigenvalue weighted by Gasteiger charge is 2.12. The molecule has 0 radical (unpaired) electrons. The van der Waals surface area contributed by atoms with Crippen LogP contribution in [0.1, 0.15) is 47.4 Å². The zero-order valence-electron chi connectivity index (χ0n) is 11.7. The lowest BCUT2D eigenvalue weighted by atomic mass is 9.93. The first-order valence-corrected chi connectivity index (χ1v) is 6.34. The van der Waals surface area contributed by atoms with E-state index in [1.807, 2.05) is 34.6 Å². The Morgan fingerprint density at radius 3 is 2.06 bits per heavy atom. The first-order valence-electron chi connectivity index (χ1n) is 6.34. The minimum atomic E-state index is 0.560. The van der Waals surface area contributed by atoms with Crippen molar-refractivity contribution in [3.63, 3.8) is 0 Å². The molecule has 0 N–H and O–H groups in total. The van der Waals surface area contributed by atoms with Gasteiger partial charge in [-0.1, -0.05) is 47.6 Å². The fourth-order valence-corrected chi connectivity index (χ4v) is 1.49. The molecule has 1 aromatic heterocycles. The Kier molecular flexibility index (Phi) is 6.78. The second-order valence-corrected chi connectivity index (χ2v) is 3.53. The summed E-state index contributed by atoms with van der Waals surface area (Å²) in [6.45, 7) is 14.3. The summed E-state index contributed by atoms with van der Waals surface area (Å²) in [6.07, 6.45) is 4.33. The minimum Gasteiger partial charge on any atom is -0.441 e. The molecular formula is C14H25NO. The molecule has 0 aliphatic heterocycles. The van der Waals surface area contributed by atoms with Gasteiger partial charge in [-0.15, -0.1) is 0 Å². The average molecular weight is 223 g/mol. The van der Waals surface area contributed by atoms with Gasteiger partial charge < -0.3 is 4.42 Å². The Morgan fingerprint density at radius 2 is 1.50 bits per heavy atom. The van der Waals surface area contributed by atoms with E-state index in [-0.39, 0.29) is 0 Å². The van der Waals surface area contributed by atoms with Gasteiger partial charge in [0.05, 0.1) is 0 Å². The number of aryl methyl sites for hydroxylation is 1. The Morgan fingerprint density at radius 1 is 1.00 bits per heavy atom. The molecule has 16 heavy (non-hydrogen) atoms. The largest absolute Gasteiger partial charge is 0.441 e. The van der Waals surface area contributed by atoms with Crippen molar-refractivity contribution >= 4 is 12.2 Å². The Balaban J connectivity index is 0.000000509. The highest BCUT2D eigenvalue weighted by atomic mass is 16.3. The standard InChI is InChI=1S/C10H13NO.2C2H6/c1-6-4-9-10(5-7(6)2)12-8(3)11-9;2*1-2/h4-7H,1-3H3;2*1-2H3. The van der Waals surface area contributed by atoms with Crippen molar-refractivity contribution in [1.29, 1.82) is 0 Å². The van der Waals surface area contributed by atoms with Crippen LogP contribution >= 0.6 is 0 Å². The lowest BCUT2D eigenvalue weighted by Crippen LogP contribution is -2.29. The van der Waals surface area contributed by atoms with Gasteiger partial charge in [-0.2, -0.15) is 0 Å². The van der Waals surface area contributed by atoms with Crippen LogP contribution in [-0.2, 0) is 0 Å². The van der Waals surface area contributed by atoms with E-state index >= 15 is 0 Å². The summed E-state index contributed by atoms with van der Waals surface area (Å²) in [4.78, 5) is 4.28. The van der Waals surface area contributed by atoms with E-state index in [1.165, 1.54) is 0 Å². The maximum atomic E-state index is 5.43. The van der Waals surface area contributed by atoms with Gasteiger partial charge in [-0.25, -0.2) is 4.98 Å². The van der Waals surface area contributed by atoms with Crippen LogP contribution in [0.15, 0.2) is 4.42 Å². The Hall–Kier alpha value is -1.05. The van der Waals surface area contributed by atoms with Gasteiger partial charge in [-0.3, -0.25) is 0 Å². The third kappa shape index (κ3) is 3.51. The predicted octanol–water partition coefficient (Wildman–Crippen LogP) is 2.88. The fourth-order valence-electron chi connectivity index (χ4n) is 1.49. The first-order chi connectivity index (χ1) is 7.66. The molecule has 0 amide bonds. The molecule has 2 unspecified atom stereocenters. The molecule has 2 heteroatoms. The highest BCUT2D eigenvalue weighted by molar-refractivity contribution is 5.37. The van der Waals surface area contributed by atoms with Crippen LogP contribution in [-0.4, -0.2) is 4.98 Å². The second-order valence-electron chi connectivity index (χ2n) is 3.53. The third-order valence-electron chi connectivity index (χ3n) is 2.45. The molecule has 0 spiro atoms. The second kappa shape index (κ2) is 7.26. The van der Waals surface area contributed by atoms with Gasteiger partial charge in [0, 0.05) is 6.92 Å². The maximum absolute atomic E-state index is 5.43. The van der Waals surface area contributed by atoms with Crippen molar-refractivity contribution in [3.8, 4) is 0 Å². The molecule has 2 rings (SSSR count). The molecule has 1 heterocycles. The number of aromatic nitrogens is 1. The minimum absolute atomic E-state index is 0.560. The van der Waals surface area contributed by atoms with Crippen molar-refractivity contribution in [1.82, 2.24) is 4.98 Å². The molecule has 1 aromatic rings. The van der Waals surface area contributed by atoms with Gasteiger partial charge in [0.1, 0.15) is 5.35 Å². The van der Waals surface area contributed by atoms with E-state index in [0.29, 0.717) is 11.8 Å². The molecule has 1 aliphatic carbocycles. The third-order valence-corrected chi connectivity index (χ3v) is 2.45. The van der Waals surface area contributed by atoms with E-state index in [9.17, 15) is 0 Å². The van der Waals surface area contributed by atoms with E-state index in [1.54, 1.807) is 0 Å². The normalized spacial score (nSPS) is 21.2. The molecule has 0 saturated heterocycles. The summed E-state index contributed by atoms with van der Waals surface area (Å²) in [5, 5.41) is 1.01. The van der Waals surface area contributed by atoms with Crippen LogP contribution < -0.4 is 10.8 Å². The number of rotatable bonds is 0. The fraction of sp³-hybridized carbons (Fsp3) is 0.643. The molecular weight excluding hydrogens is 198 g/mol. The summed E-state index contributed by atoms with van der Waals surface area (Å²) >= 11 is 0. The van der Waals surface area contributed by atoms with E-state index in [0.717, 1.165) is 16.7 Å². The van der Waals surface area contributed by atoms with Gasteiger partial charge in [0.2, 0.25) is 0 Å². The smallest absolute Gasteiger partial charge is 0.192 e. The summed E-state index contributed by atoms with van der Waals surface area (Å²) in [7, 11) is 0. The SMILES string of the molecule is CC.CC.Cc1nc2c(o1)=CC(C)C(C)C=2. The van der Waals surface area contributed by atoms with E-state index < -0.39 is 0 Å². The monoisotopic (exact) mass is 223 g/mol. The zero-order chi connectivity index (χ0) is 12.7. The van der Waals surface area contributed by atoms with Crippen LogP contribution in [0.25, 0.3) is 12.2 Å². The van der Waals surface area contributed by atoms with E-state index in [4.69, 9.17) is 4.42 Å². The molecule has 92 valence electrons. The van der Waals surface area contributed by atoms with Crippen LogP contribution in [0.3, 0.4) is 0 Å². The van der Waals surface area contributed by atoms with Crippen molar-refractivity contribution in [2.24, 2.45) is 11.8 Å². The predicted molar refractivity (Wildman–Crippen MR) is 70.4 cm³/mol. The van der Waals surface area contributed by atoms with Gasteiger partial charge in [0.25, 0.3) is 0 Å². The van der Waals surface area contributed by atoms with Gasteiger partial charge in [-0.05, 0) is 17.9 Å². The molecule has 0 aromatic carbocycles. The van der Waals surface area contributed by atoms with Crippen molar-refractivity contribution in [2.45, 2.75) is 48.5 Å². The quantitative estimate of drug-likeness (QED) is 0.676. The number of oxazole rings is 1. The summed E-state index contributed by atoms with van der Waals surface area (Å²) in [5.41, 5.74) is 0.943. The number of hydrogen-bond donors (Lipinski definition) is 0. The Labute approximate surface area is 99.1 Å².